The van der Waals surface area contributed by atoms with Crippen molar-refractivity contribution in [2.24, 2.45) is 0 Å². The van der Waals surface area contributed by atoms with Crippen molar-refractivity contribution in [3.63, 3.8) is 0 Å². The van der Waals surface area contributed by atoms with E-state index in [2.05, 4.69) is 27.2 Å². The van der Waals surface area contributed by atoms with Gasteiger partial charge in [-0.15, -0.1) is 0 Å². The average Bonchev–Trinajstić information content (AvgIpc) is 2.91. The molecule has 1 aliphatic carbocycles. The first-order valence-electron chi connectivity index (χ1n) is 8.60. The number of aryl methyl sites for hydroxylation is 1. The van der Waals surface area contributed by atoms with Crippen LogP contribution in [0.25, 0.3) is 5.57 Å². The number of esters is 1. The summed E-state index contributed by atoms with van der Waals surface area (Å²) < 4.78 is 15.3. The van der Waals surface area contributed by atoms with Crippen LogP contribution in [0.3, 0.4) is 0 Å². The number of rotatable bonds is 6. The fourth-order valence-corrected chi connectivity index (χ4v) is 2.71. The lowest BCUT2D eigenvalue weighted by Gasteiger charge is -2.07. The highest BCUT2D eigenvalue weighted by molar-refractivity contribution is 5.86. The maximum atomic E-state index is 11.6. The van der Waals surface area contributed by atoms with Gasteiger partial charge in [0, 0.05) is 24.2 Å². The Morgan fingerprint density at radius 3 is 2.85 bits per heavy atom. The molecule has 0 saturated carbocycles. The minimum absolute atomic E-state index is 0.217. The largest absolute Gasteiger partial charge is 0.495 e. The Morgan fingerprint density at radius 2 is 2.15 bits per heavy atom. The monoisotopic (exact) mass is 366 g/mol. The van der Waals surface area contributed by atoms with Gasteiger partial charge in [-0.05, 0) is 36.8 Å². The summed E-state index contributed by atoms with van der Waals surface area (Å²) in [5.74, 6) is 1.18. The molecule has 27 heavy (non-hydrogen) atoms. The molecule has 0 saturated heterocycles. The number of carbonyl (C=O) groups excluding carboxylic acids is 1. The highest BCUT2D eigenvalue weighted by Crippen LogP contribution is 2.21. The molecule has 3 rings (SSSR count). The van der Waals surface area contributed by atoms with Gasteiger partial charge in [-0.25, -0.2) is 4.79 Å². The van der Waals surface area contributed by atoms with Gasteiger partial charge in [0.05, 0.1) is 26.1 Å². The van der Waals surface area contributed by atoms with E-state index in [1.54, 1.807) is 19.4 Å². The van der Waals surface area contributed by atoms with Crippen LogP contribution in [0.5, 0.6) is 5.75 Å². The molecule has 1 aliphatic rings. The molecule has 0 unspecified atom stereocenters. The van der Waals surface area contributed by atoms with Crippen LogP contribution in [0.4, 0.5) is 0 Å². The molecule has 0 radical (unpaired) electrons. The Labute approximate surface area is 158 Å². The van der Waals surface area contributed by atoms with E-state index in [9.17, 15) is 4.79 Å². The number of pyridine rings is 1. The second kappa shape index (κ2) is 8.40. The molecular formula is C21H22N2O4. The van der Waals surface area contributed by atoms with Gasteiger partial charge >= 0.3 is 5.97 Å². The summed E-state index contributed by atoms with van der Waals surface area (Å²) in [6.07, 6.45) is 10.7. The number of methoxy groups -OCH3 is 2. The van der Waals surface area contributed by atoms with Crippen LogP contribution in [-0.4, -0.2) is 25.2 Å². The molecule has 0 spiro atoms. The predicted octanol–water partition coefficient (Wildman–Crippen LogP) is 3.80. The van der Waals surface area contributed by atoms with Crippen molar-refractivity contribution in [1.29, 1.82) is 0 Å². The smallest absolute Gasteiger partial charge is 0.373 e. The Morgan fingerprint density at radius 1 is 1.30 bits per heavy atom. The van der Waals surface area contributed by atoms with E-state index in [0.29, 0.717) is 12.3 Å². The van der Waals surface area contributed by atoms with Crippen molar-refractivity contribution >= 4 is 11.5 Å². The average molecular weight is 366 g/mol. The molecule has 6 heteroatoms. The maximum Gasteiger partial charge on any atom is 0.373 e. The normalized spacial score (nSPS) is 13.4. The zero-order valence-electron chi connectivity index (χ0n) is 15.6. The van der Waals surface area contributed by atoms with Gasteiger partial charge in [0.15, 0.2) is 0 Å². The second-order valence-corrected chi connectivity index (χ2v) is 6.04. The summed E-state index contributed by atoms with van der Waals surface area (Å²) in [7, 11) is 2.96. The third-order valence-electron chi connectivity index (χ3n) is 4.28. The first-order valence-corrected chi connectivity index (χ1v) is 8.60. The highest BCUT2D eigenvalue weighted by atomic mass is 16.5. The van der Waals surface area contributed by atoms with Gasteiger partial charge in [-0.1, -0.05) is 18.2 Å². The summed E-state index contributed by atoms with van der Waals surface area (Å²) in [6, 6.07) is 5.54. The number of hydrogen-bond donors (Lipinski definition) is 1. The van der Waals surface area contributed by atoms with Gasteiger partial charge in [0.25, 0.3) is 0 Å². The van der Waals surface area contributed by atoms with Crippen molar-refractivity contribution in [2.45, 2.75) is 19.9 Å². The molecule has 2 aromatic rings. The van der Waals surface area contributed by atoms with Crippen molar-refractivity contribution in [3.05, 3.63) is 77.2 Å². The molecule has 0 atom stereocenters. The lowest BCUT2D eigenvalue weighted by Crippen LogP contribution is -2.12. The summed E-state index contributed by atoms with van der Waals surface area (Å²) in [6.45, 7) is 2.40. The molecule has 0 bridgehead atoms. The zero-order chi connectivity index (χ0) is 19.2. The lowest BCUT2D eigenvalue weighted by molar-refractivity contribution is 0.0563. The molecule has 2 aromatic heterocycles. The SMILES string of the molecule is COC(=O)c1cc(CNC2=CC=C(c3ccc(OC)cn3)C=CC2)c(C)o1. The molecule has 2 heterocycles. The van der Waals surface area contributed by atoms with Gasteiger partial charge in [-0.2, -0.15) is 0 Å². The van der Waals surface area contributed by atoms with Gasteiger partial charge in [0.1, 0.15) is 11.5 Å². The molecule has 6 nitrogen and oxygen atoms in total. The summed E-state index contributed by atoms with van der Waals surface area (Å²) in [5.41, 5.74) is 3.90. The van der Waals surface area contributed by atoms with E-state index >= 15 is 0 Å². The van der Waals surface area contributed by atoms with Crippen LogP contribution >= 0.6 is 0 Å². The van der Waals surface area contributed by atoms with Crippen molar-refractivity contribution < 1.29 is 18.7 Å². The van der Waals surface area contributed by atoms with Crippen LogP contribution in [0.15, 0.2) is 58.8 Å². The van der Waals surface area contributed by atoms with Crippen LogP contribution in [-0.2, 0) is 11.3 Å². The van der Waals surface area contributed by atoms with E-state index in [4.69, 9.17) is 9.15 Å². The minimum Gasteiger partial charge on any atom is -0.495 e. The first kappa shape index (κ1) is 18.5. The third-order valence-corrected chi connectivity index (χ3v) is 4.28. The third kappa shape index (κ3) is 4.47. The van der Waals surface area contributed by atoms with Gasteiger partial charge in [-0.3, -0.25) is 4.98 Å². The fourth-order valence-electron chi connectivity index (χ4n) is 2.71. The Bertz CT molecular complexity index is 905. The first-order chi connectivity index (χ1) is 13.1. The second-order valence-electron chi connectivity index (χ2n) is 6.04. The number of nitrogens with zero attached hydrogens (tertiary/aromatic N) is 1. The van der Waals surface area contributed by atoms with E-state index < -0.39 is 5.97 Å². The number of allylic oxidation sites excluding steroid dienone is 5. The van der Waals surface area contributed by atoms with Crippen molar-refractivity contribution in [2.75, 3.05) is 14.2 Å². The summed E-state index contributed by atoms with van der Waals surface area (Å²) >= 11 is 0. The van der Waals surface area contributed by atoms with Crippen molar-refractivity contribution in [1.82, 2.24) is 10.3 Å². The van der Waals surface area contributed by atoms with Crippen LogP contribution in [0, 0.1) is 6.92 Å². The maximum absolute atomic E-state index is 11.6. The van der Waals surface area contributed by atoms with E-state index in [-0.39, 0.29) is 5.76 Å². The van der Waals surface area contributed by atoms with Gasteiger partial charge in [0.2, 0.25) is 5.76 Å². The molecular weight excluding hydrogens is 344 g/mol. The quantitative estimate of drug-likeness (QED) is 0.784. The van der Waals surface area contributed by atoms with Crippen molar-refractivity contribution in [3.8, 4) is 5.75 Å². The fraction of sp³-hybridized carbons (Fsp3) is 0.238. The number of ether oxygens (including phenoxy) is 2. The minimum atomic E-state index is -0.472. The van der Waals surface area contributed by atoms with Crippen LogP contribution in [0.1, 0.15) is 34.0 Å². The topological polar surface area (TPSA) is 73.6 Å². The zero-order valence-corrected chi connectivity index (χ0v) is 15.6. The number of hydrogen-bond acceptors (Lipinski definition) is 6. The number of aromatic nitrogens is 1. The van der Waals surface area contributed by atoms with Crippen LogP contribution < -0.4 is 10.1 Å². The molecule has 0 fully saturated rings. The van der Waals surface area contributed by atoms with E-state index in [1.807, 2.05) is 31.2 Å². The lowest BCUT2D eigenvalue weighted by atomic mass is 10.1. The molecule has 140 valence electrons. The number of nitrogens with one attached hydrogen (secondary N) is 1. The highest BCUT2D eigenvalue weighted by Gasteiger charge is 2.14. The summed E-state index contributed by atoms with van der Waals surface area (Å²) in [4.78, 5) is 16.0. The Hall–Kier alpha value is -3.28. The molecule has 0 aromatic carbocycles. The number of furan rings is 1. The number of carbonyl (C=O) groups is 1. The van der Waals surface area contributed by atoms with E-state index in [0.717, 1.165) is 34.7 Å². The summed E-state index contributed by atoms with van der Waals surface area (Å²) in [5, 5.41) is 3.39. The Kier molecular flexibility index (Phi) is 5.76. The molecule has 1 N–H and O–H groups in total. The Balaban J connectivity index is 1.68. The molecule has 0 amide bonds. The van der Waals surface area contributed by atoms with E-state index in [1.165, 1.54) is 7.11 Å². The molecule has 0 aliphatic heterocycles. The van der Waals surface area contributed by atoms with Crippen LogP contribution in [0.2, 0.25) is 0 Å². The predicted molar refractivity (Wildman–Crippen MR) is 102 cm³/mol. The van der Waals surface area contributed by atoms with Gasteiger partial charge < -0.3 is 19.2 Å². The standard InChI is InChI=1S/C21H22N2O4/c1-14-16(11-20(27-14)21(24)26-3)12-22-17-6-4-5-15(7-8-17)19-10-9-18(25-2)13-23-19/h4-5,7-11,13,22H,6,12H2,1-3H3.